The molecule has 5 rings (SSSR count). The van der Waals surface area contributed by atoms with Gasteiger partial charge in [0.2, 0.25) is 11.8 Å². The molecule has 3 aliphatic rings. The minimum atomic E-state index is -0.675. The predicted molar refractivity (Wildman–Crippen MR) is 115 cm³/mol. The highest BCUT2D eigenvalue weighted by Gasteiger charge is 2.67. The van der Waals surface area contributed by atoms with Gasteiger partial charge in [-0.3, -0.25) is 14.7 Å². The number of aromatic amines is 1. The number of aromatic nitrogens is 2. The zero-order valence-corrected chi connectivity index (χ0v) is 18.2. The van der Waals surface area contributed by atoms with E-state index in [0.29, 0.717) is 19.6 Å². The average molecular weight is 421 g/mol. The SMILES string of the molecule is Cc1ccc(C)c(CN2C[C@]34C=C[C@H](O3)C(C(=O)N(C)CCc3cn[nH]c3)C4C2=O)c1. The smallest absolute Gasteiger partial charge is 0.230 e. The Morgan fingerprint density at radius 2 is 2.23 bits per heavy atom. The summed E-state index contributed by atoms with van der Waals surface area (Å²) >= 11 is 0. The molecule has 1 aromatic heterocycles. The molecular formula is C24H28N4O3. The number of rotatable bonds is 6. The van der Waals surface area contributed by atoms with E-state index < -0.39 is 17.4 Å². The van der Waals surface area contributed by atoms with Crippen molar-refractivity contribution in [2.24, 2.45) is 11.8 Å². The lowest BCUT2D eigenvalue weighted by molar-refractivity contribution is -0.142. The van der Waals surface area contributed by atoms with Crippen molar-refractivity contribution in [2.45, 2.75) is 38.5 Å². The Bertz CT molecular complexity index is 1050. The largest absolute Gasteiger partial charge is 0.360 e. The maximum absolute atomic E-state index is 13.5. The first-order valence-corrected chi connectivity index (χ1v) is 10.8. The van der Waals surface area contributed by atoms with Gasteiger partial charge < -0.3 is 14.5 Å². The van der Waals surface area contributed by atoms with Crippen LogP contribution < -0.4 is 0 Å². The standard InChI is InChI=1S/C24H28N4O3/c1-15-4-5-16(2)18(10-15)13-28-14-24-8-6-19(31-24)20(21(24)23(28)30)22(29)27(3)9-7-17-11-25-26-12-17/h4-6,8,10-12,19-21H,7,9,13-14H2,1-3H3,(H,25,26)/t19-,20?,21?,24-/m0/s1. The van der Waals surface area contributed by atoms with Crippen LogP contribution in [0.2, 0.25) is 0 Å². The van der Waals surface area contributed by atoms with E-state index in [1.165, 1.54) is 11.1 Å². The number of ether oxygens (including phenoxy) is 1. The number of fused-ring (bicyclic) bond motifs is 1. The van der Waals surface area contributed by atoms with Gasteiger partial charge in [0.1, 0.15) is 5.60 Å². The fourth-order valence-corrected chi connectivity index (χ4v) is 5.25. The Morgan fingerprint density at radius 1 is 1.39 bits per heavy atom. The number of likely N-dealkylation sites (N-methyl/N-ethyl adjacent to an activating group) is 1. The van der Waals surface area contributed by atoms with E-state index in [0.717, 1.165) is 17.5 Å². The summed E-state index contributed by atoms with van der Waals surface area (Å²) < 4.78 is 6.27. The fourth-order valence-electron chi connectivity index (χ4n) is 5.25. The molecule has 4 heterocycles. The number of aryl methyl sites for hydroxylation is 2. The molecule has 31 heavy (non-hydrogen) atoms. The quantitative estimate of drug-likeness (QED) is 0.725. The van der Waals surface area contributed by atoms with Crippen molar-refractivity contribution in [1.29, 1.82) is 0 Å². The van der Waals surface area contributed by atoms with Gasteiger partial charge in [-0.05, 0) is 37.0 Å². The predicted octanol–water partition coefficient (Wildman–Crippen LogP) is 2.01. The molecule has 1 spiro atoms. The van der Waals surface area contributed by atoms with Gasteiger partial charge in [-0.25, -0.2) is 0 Å². The van der Waals surface area contributed by atoms with Gasteiger partial charge in [0, 0.05) is 26.3 Å². The second-order valence-electron chi connectivity index (χ2n) is 9.14. The van der Waals surface area contributed by atoms with Crippen molar-refractivity contribution in [3.05, 3.63) is 65.0 Å². The number of hydrogen-bond acceptors (Lipinski definition) is 4. The zero-order valence-electron chi connectivity index (χ0n) is 18.2. The highest BCUT2D eigenvalue weighted by Crippen LogP contribution is 2.52. The van der Waals surface area contributed by atoms with Crippen molar-refractivity contribution in [1.82, 2.24) is 20.0 Å². The second kappa shape index (κ2) is 7.34. The Hall–Kier alpha value is -2.93. The number of hydrogen-bond donors (Lipinski definition) is 1. The van der Waals surface area contributed by atoms with Gasteiger partial charge in [-0.2, -0.15) is 5.10 Å². The molecule has 2 saturated heterocycles. The molecule has 0 aliphatic carbocycles. The fraction of sp³-hybridized carbons (Fsp3) is 0.458. The normalized spacial score (nSPS) is 28.4. The van der Waals surface area contributed by atoms with Crippen LogP contribution in [0.3, 0.4) is 0 Å². The molecule has 2 bridgehead atoms. The molecular weight excluding hydrogens is 392 g/mol. The van der Waals surface area contributed by atoms with Gasteiger partial charge >= 0.3 is 0 Å². The zero-order chi connectivity index (χ0) is 21.8. The Kier molecular flexibility index (Phi) is 4.73. The molecule has 3 aliphatic heterocycles. The Labute approximate surface area is 182 Å². The minimum Gasteiger partial charge on any atom is -0.360 e. The summed E-state index contributed by atoms with van der Waals surface area (Å²) in [6.45, 7) is 5.75. The third kappa shape index (κ3) is 3.28. The summed E-state index contributed by atoms with van der Waals surface area (Å²) in [6, 6.07) is 6.31. The van der Waals surface area contributed by atoms with Crippen molar-refractivity contribution in [3.63, 3.8) is 0 Å². The lowest BCUT2D eigenvalue weighted by atomic mass is 9.76. The number of likely N-dealkylation sites (tertiary alicyclic amines) is 1. The van der Waals surface area contributed by atoms with Gasteiger partial charge in [-0.15, -0.1) is 0 Å². The number of benzene rings is 1. The molecule has 162 valence electrons. The molecule has 2 fully saturated rings. The number of amides is 2. The van der Waals surface area contributed by atoms with Gasteiger partial charge in [0.05, 0.1) is 30.7 Å². The van der Waals surface area contributed by atoms with Crippen molar-refractivity contribution in [3.8, 4) is 0 Å². The van der Waals surface area contributed by atoms with E-state index in [1.54, 1.807) is 18.1 Å². The highest BCUT2D eigenvalue weighted by atomic mass is 16.5. The Balaban J connectivity index is 1.33. The van der Waals surface area contributed by atoms with Crippen LogP contribution in [0.15, 0.2) is 42.7 Å². The first-order valence-electron chi connectivity index (χ1n) is 10.8. The van der Waals surface area contributed by atoms with Crippen molar-refractivity contribution in [2.75, 3.05) is 20.1 Å². The summed E-state index contributed by atoms with van der Waals surface area (Å²) in [7, 11) is 1.80. The van der Waals surface area contributed by atoms with E-state index >= 15 is 0 Å². The summed E-state index contributed by atoms with van der Waals surface area (Å²) in [4.78, 5) is 30.4. The second-order valence-corrected chi connectivity index (χ2v) is 9.14. The minimum absolute atomic E-state index is 0.0216. The molecule has 7 nitrogen and oxygen atoms in total. The molecule has 0 radical (unpaired) electrons. The average Bonchev–Trinajstić information content (AvgIpc) is 3.51. The topological polar surface area (TPSA) is 78.5 Å². The molecule has 1 aromatic carbocycles. The summed E-state index contributed by atoms with van der Waals surface area (Å²) in [5, 5.41) is 6.75. The van der Waals surface area contributed by atoms with Crippen molar-refractivity contribution >= 4 is 11.8 Å². The molecule has 4 atom stereocenters. The van der Waals surface area contributed by atoms with E-state index in [1.807, 2.05) is 23.2 Å². The maximum atomic E-state index is 13.5. The van der Waals surface area contributed by atoms with E-state index in [9.17, 15) is 9.59 Å². The van der Waals surface area contributed by atoms with Gasteiger partial charge in [-0.1, -0.05) is 35.9 Å². The van der Waals surface area contributed by atoms with E-state index in [2.05, 4.69) is 42.2 Å². The number of carbonyl (C=O) groups excluding carboxylic acids is 2. The lowest BCUT2D eigenvalue weighted by Crippen LogP contribution is -2.45. The summed E-state index contributed by atoms with van der Waals surface area (Å²) in [5.41, 5.74) is 3.86. The van der Waals surface area contributed by atoms with Gasteiger partial charge in [0.25, 0.3) is 0 Å². The van der Waals surface area contributed by atoms with E-state index in [4.69, 9.17) is 4.74 Å². The van der Waals surface area contributed by atoms with E-state index in [-0.39, 0.29) is 17.9 Å². The number of H-pyrrole nitrogens is 1. The van der Waals surface area contributed by atoms with Crippen LogP contribution in [-0.2, 0) is 27.3 Å². The van der Waals surface area contributed by atoms with Crippen LogP contribution in [0.4, 0.5) is 0 Å². The number of carbonyl (C=O) groups is 2. The number of nitrogens with one attached hydrogen (secondary N) is 1. The van der Waals surface area contributed by atoms with Crippen LogP contribution in [-0.4, -0.2) is 63.7 Å². The first kappa shape index (κ1) is 20.0. The monoisotopic (exact) mass is 420 g/mol. The van der Waals surface area contributed by atoms with Crippen LogP contribution in [0.1, 0.15) is 22.3 Å². The molecule has 2 unspecified atom stereocenters. The van der Waals surface area contributed by atoms with Crippen molar-refractivity contribution < 1.29 is 14.3 Å². The lowest BCUT2D eigenvalue weighted by Gasteiger charge is -2.27. The van der Waals surface area contributed by atoms with Crippen LogP contribution in [0, 0.1) is 25.7 Å². The first-order chi connectivity index (χ1) is 14.9. The third-order valence-corrected chi connectivity index (χ3v) is 7.00. The van der Waals surface area contributed by atoms with Crippen LogP contribution >= 0.6 is 0 Å². The molecule has 2 aromatic rings. The molecule has 2 amide bonds. The summed E-state index contributed by atoms with van der Waals surface area (Å²) in [5.74, 6) is -0.909. The maximum Gasteiger partial charge on any atom is 0.230 e. The third-order valence-electron chi connectivity index (χ3n) is 7.00. The van der Waals surface area contributed by atoms with Gasteiger partial charge in [0.15, 0.2) is 0 Å². The van der Waals surface area contributed by atoms with Crippen LogP contribution in [0.25, 0.3) is 0 Å². The Morgan fingerprint density at radius 3 is 3.00 bits per heavy atom. The molecule has 1 N–H and O–H groups in total. The molecule has 7 heteroatoms. The summed E-state index contributed by atoms with van der Waals surface area (Å²) in [6.07, 6.45) is 7.98. The van der Waals surface area contributed by atoms with Crippen LogP contribution in [0.5, 0.6) is 0 Å². The number of nitrogens with zero attached hydrogens (tertiary/aromatic N) is 3. The molecule has 0 saturated carbocycles. The highest BCUT2D eigenvalue weighted by molar-refractivity contribution is 5.93.